The minimum Gasteiger partial charge on any atom is -0.434 e. The molecule has 82 valence electrons. The predicted octanol–water partition coefficient (Wildman–Crippen LogP) is 1.41. The maximum atomic E-state index is 11.4. The third-order valence-electron chi connectivity index (χ3n) is 2.30. The zero-order valence-corrected chi connectivity index (χ0v) is 9.16. The van der Waals surface area contributed by atoms with Crippen LogP contribution in [-0.2, 0) is 14.1 Å². The number of carbonyl (C=O) groups is 1. The van der Waals surface area contributed by atoms with Gasteiger partial charge in [0.1, 0.15) is 0 Å². The Balaban J connectivity index is 5.18. The van der Waals surface area contributed by atoms with Gasteiger partial charge in [0.25, 0.3) is 0 Å². The van der Waals surface area contributed by atoms with Crippen molar-refractivity contribution in [1.82, 2.24) is 0 Å². The molecule has 0 rings (SSSR count). The van der Waals surface area contributed by atoms with Crippen LogP contribution in [-0.4, -0.2) is 20.9 Å². The van der Waals surface area contributed by atoms with Gasteiger partial charge in [-0.15, -0.1) is 0 Å². The molecular formula is C8H15O5P. The molecule has 0 radical (unpaired) electrons. The van der Waals surface area contributed by atoms with Crippen molar-refractivity contribution in [2.75, 3.05) is 0 Å². The smallest absolute Gasteiger partial charge is 0.342 e. The van der Waals surface area contributed by atoms with E-state index >= 15 is 0 Å². The van der Waals surface area contributed by atoms with Crippen LogP contribution in [0.3, 0.4) is 0 Å². The van der Waals surface area contributed by atoms with E-state index in [9.17, 15) is 9.36 Å². The van der Waals surface area contributed by atoms with Gasteiger partial charge in [-0.05, 0) is 12.8 Å². The Morgan fingerprint density at radius 3 is 2.14 bits per heavy atom. The number of esters is 1. The summed E-state index contributed by atoms with van der Waals surface area (Å²) < 4.78 is 15.6. The fraction of sp³-hybridized carbons (Fsp3) is 0.625. The summed E-state index contributed by atoms with van der Waals surface area (Å²) in [4.78, 5) is 29.6. The van der Waals surface area contributed by atoms with Crippen LogP contribution in [0.25, 0.3) is 0 Å². The molecule has 0 aliphatic carbocycles. The number of hydrogen-bond acceptors (Lipinski definition) is 3. The van der Waals surface area contributed by atoms with Gasteiger partial charge < -0.3 is 14.5 Å². The lowest BCUT2D eigenvalue weighted by molar-refractivity contribution is -0.141. The van der Waals surface area contributed by atoms with E-state index in [4.69, 9.17) is 9.79 Å². The Bertz CT molecular complexity index is 263. The molecule has 0 aliphatic rings. The first kappa shape index (κ1) is 13.4. The van der Waals surface area contributed by atoms with Crippen LogP contribution in [0.1, 0.15) is 26.7 Å². The molecule has 0 saturated heterocycles. The van der Waals surface area contributed by atoms with E-state index in [0.29, 0.717) is 0 Å². The zero-order valence-electron chi connectivity index (χ0n) is 8.27. The van der Waals surface area contributed by atoms with Crippen molar-refractivity contribution in [3.05, 3.63) is 12.8 Å². The Morgan fingerprint density at radius 1 is 1.50 bits per heavy atom. The molecule has 0 aromatic rings. The molecule has 0 amide bonds. The molecule has 0 saturated carbocycles. The third kappa shape index (κ3) is 2.23. The molecule has 5 nitrogen and oxygen atoms in total. The van der Waals surface area contributed by atoms with Gasteiger partial charge in [0, 0.05) is 0 Å². The molecule has 0 aliphatic heterocycles. The summed E-state index contributed by atoms with van der Waals surface area (Å²) in [5, 5.41) is -1.73. The lowest BCUT2D eigenvalue weighted by Gasteiger charge is -2.28. The van der Waals surface area contributed by atoms with Crippen LogP contribution in [0.4, 0.5) is 0 Å². The Kier molecular flexibility index (Phi) is 4.52. The van der Waals surface area contributed by atoms with Gasteiger partial charge >= 0.3 is 13.6 Å². The molecular weight excluding hydrogens is 207 g/mol. The minimum absolute atomic E-state index is 0.0282. The predicted molar refractivity (Wildman–Crippen MR) is 51.6 cm³/mol. The van der Waals surface area contributed by atoms with Crippen LogP contribution in [0.15, 0.2) is 12.8 Å². The van der Waals surface area contributed by atoms with E-state index in [1.165, 1.54) is 13.8 Å². The van der Waals surface area contributed by atoms with Crippen LogP contribution < -0.4 is 0 Å². The maximum absolute atomic E-state index is 11.4. The van der Waals surface area contributed by atoms with E-state index in [0.717, 1.165) is 6.26 Å². The second kappa shape index (κ2) is 4.73. The molecule has 0 fully saturated rings. The SMILES string of the molecule is C=COC(=O)C(CC)(CC)P(=O)(O)O. The van der Waals surface area contributed by atoms with Crippen molar-refractivity contribution in [2.24, 2.45) is 0 Å². The molecule has 0 heterocycles. The highest BCUT2D eigenvalue weighted by Gasteiger charge is 2.51. The Labute approximate surface area is 82.9 Å². The monoisotopic (exact) mass is 222 g/mol. The van der Waals surface area contributed by atoms with E-state index in [1.54, 1.807) is 0 Å². The number of hydrogen-bond donors (Lipinski definition) is 2. The van der Waals surface area contributed by atoms with Crippen molar-refractivity contribution in [3.63, 3.8) is 0 Å². The van der Waals surface area contributed by atoms with Crippen molar-refractivity contribution < 1.29 is 23.9 Å². The van der Waals surface area contributed by atoms with E-state index in [2.05, 4.69) is 11.3 Å². The van der Waals surface area contributed by atoms with Crippen molar-refractivity contribution >= 4 is 13.6 Å². The average molecular weight is 222 g/mol. The normalized spacial score (nSPS) is 12.3. The van der Waals surface area contributed by atoms with Gasteiger partial charge in [-0.1, -0.05) is 20.4 Å². The maximum Gasteiger partial charge on any atom is 0.342 e. The van der Waals surface area contributed by atoms with Crippen LogP contribution in [0.5, 0.6) is 0 Å². The van der Waals surface area contributed by atoms with Gasteiger partial charge in [0.2, 0.25) is 0 Å². The molecule has 0 unspecified atom stereocenters. The van der Waals surface area contributed by atoms with Crippen molar-refractivity contribution in [2.45, 2.75) is 31.8 Å². The summed E-state index contributed by atoms with van der Waals surface area (Å²) in [6.07, 6.45) is 0.930. The van der Waals surface area contributed by atoms with Crippen LogP contribution in [0, 0.1) is 0 Å². The second-order valence-corrected chi connectivity index (χ2v) is 4.80. The number of rotatable bonds is 5. The molecule has 0 atom stereocenters. The molecule has 0 spiro atoms. The lowest BCUT2D eigenvalue weighted by atomic mass is 10.0. The fourth-order valence-corrected chi connectivity index (χ4v) is 2.37. The van der Waals surface area contributed by atoms with E-state index < -0.39 is 18.7 Å². The summed E-state index contributed by atoms with van der Waals surface area (Å²) in [6.45, 7) is 6.24. The molecule has 0 aromatic carbocycles. The number of carbonyl (C=O) groups excluding carboxylic acids is 1. The van der Waals surface area contributed by atoms with Gasteiger partial charge in [0.05, 0.1) is 6.26 Å². The minimum atomic E-state index is -4.51. The highest BCUT2D eigenvalue weighted by atomic mass is 31.2. The summed E-state index contributed by atoms with van der Waals surface area (Å²) in [7, 11) is -4.51. The van der Waals surface area contributed by atoms with Crippen LogP contribution >= 0.6 is 7.60 Å². The molecule has 0 bridgehead atoms. The fourth-order valence-electron chi connectivity index (χ4n) is 1.25. The topological polar surface area (TPSA) is 83.8 Å². The first-order valence-electron chi connectivity index (χ1n) is 4.23. The average Bonchev–Trinajstić information content (AvgIpc) is 2.05. The molecule has 6 heteroatoms. The standard InChI is InChI=1S/C8H15O5P/c1-4-8(5-2,14(10,11)12)7(9)13-6-3/h6H,3-5H2,1-2H3,(H2,10,11,12). The largest absolute Gasteiger partial charge is 0.434 e. The van der Waals surface area contributed by atoms with Crippen molar-refractivity contribution in [3.8, 4) is 0 Å². The van der Waals surface area contributed by atoms with E-state index in [1.807, 2.05) is 0 Å². The first-order valence-corrected chi connectivity index (χ1v) is 5.84. The Morgan fingerprint density at radius 2 is 1.93 bits per heavy atom. The van der Waals surface area contributed by atoms with Gasteiger partial charge in [-0.2, -0.15) is 0 Å². The molecule has 14 heavy (non-hydrogen) atoms. The summed E-state index contributed by atoms with van der Waals surface area (Å²) in [5.74, 6) is -0.925. The van der Waals surface area contributed by atoms with Crippen LogP contribution in [0.2, 0.25) is 0 Å². The molecule has 2 N–H and O–H groups in total. The van der Waals surface area contributed by atoms with Gasteiger partial charge in [-0.25, -0.2) is 0 Å². The lowest BCUT2D eigenvalue weighted by Crippen LogP contribution is -2.38. The summed E-state index contributed by atoms with van der Waals surface area (Å²) in [6, 6.07) is 0. The summed E-state index contributed by atoms with van der Waals surface area (Å²) >= 11 is 0. The number of ether oxygens (including phenoxy) is 1. The second-order valence-electron chi connectivity index (χ2n) is 2.85. The Hall–Kier alpha value is -0.640. The highest BCUT2D eigenvalue weighted by Crippen LogP contribution is 2.55. The first-order chi connectivity index (χ1) is 6.35. The van der Waals surface area contributed by atoms with E-state index in [-0.39, 0.29) is 12.8 Å². The quantitative estimate of drug-likeness (QED) is 0.417. The molecule has 0 aromatic heterocycles. The summed E-state index contributed by atoms with van der Waals surface area (Å²) in [5.41, 5.74) is 0. The highest BCUT2D eigenvalue weighted by molar-refractivity contribution is 7.54. The van der Waals surface area contributed by atoms with Gasteiger partial charge in [0.15, 0.2) is 5.16 Å². The van der Waals surface area contributed by atoms with Gasteiger partial charge in [-0.3, -0.25) is 9.36 Å². The third-order valence-corrected chi connectivity index (χ3v) is 4.23. The zero-order chi connectivity index (χ0) is 11.4. The van der Waals surface area contributed by atoms with Crippen molar-refractivity contribution in [1.29, 1.82) is 0 Å².